The second-order valence-electron chi connectivity index (χ2n) is 8.26. The van der Waals surface area contributed by atoms with E-state index in [1.54, 1.807) is 6.07 Å². The maximum atomic E-state index is 11.4. The average Bonchev–Trinajstić information content (AvgIpc) is 3.22. The number of phenols is 1. The van der Waals surface area contributed by atoms with E-state index in [1.807, 2.05) is 35.2 Å². The number of likely N-dealkylation sites (tertiary alicyclic amines) is 1. The molecule has 1 saturated heterocycles. The fourth-order valence-electron chi connectivity index (χ4n) is 4.26. The molecule has 2 aliphatic rings. The van der Waals surface area contributed by atoms with Crippen molar-refractivity contribution >= 4 is 12.0 Å². The zero-order valence-electron chi connectivity index (χ0n) is 17.8. The maximum Gasteiger partial charge on any atom is 0.320 e. The molecule has 1 atom stereocenters. The van der Waals surface area contributed by atoms with E-state index < -0.39 is 12.0 Å². The molecular weight excluding hydrogens is 394 g/mol. The highest BCUT2D eigenvalue weighted by Crippen LogP contribution is 2.32. The summed E-state index contributed by atoms with van der Waals surface area (Å²) in [5.74, 6) is 0.940. The normalized spacial score (nSPS) is 18.2. The van der Waals surface area contributed by atoms with Crippen LogP contribution in [0.1, 0.15) is 42.9 Å². The number of fused-ring (bicyclic) bond motifs is 1. The van der Waals surface area contributed by atoms with E-state index in [-0.39, 0.29) is 12.4 Å². The molecule has 2 N–H and O–H groups in total. The molecule has 0 spiro atoms. The molecule has 0 saturated carbocycles. The molecule has 0 bridgehead atoms. The molecule has 0 aromatic heterocycles. The predicted octanol–water partition coefficient (Wildman–Crippen LogP) is 4.25. The van der Waals surface area contributed by atoms with Gasteiger partial charge >= 0.3 is 5.97 Å². The lowest BCUT2D eigenvalue weighted by Crippen LogP contribution is -2.38. The van der Waals surface area contributed by atoms with Crippen LogP contribution in [0.2, 0.25) is 0 Å². The number of aromatic hydroxyl groups is 1. The molecule has 0 aliphatic carbocycles. The molecule has 1 unspecified atom stereocenters. The number of hydrogen-bond donors (Lipinski definition) is 2. The molecule has 2 heterocycles. The largest absolute Gasteiger partial charge is 0.508 e. The van der Waals surface area contributed by atoms with E-state index in [4.69, 9.17) is 9.47 Å². The van der Waals surface area contributed by atoms with E-state index in [2.05, 4.69) is 13.0 Å². The highest BCUT2D eigenvalue weighted by molar-refractivity contribution is 5.74. The average molecular weight is 424 g/mol. The third kappa shape index (κ3) is 5.02. The van der Waals surface area contributed by atoms with Crippen molar-refractivity contribution < 1.29 is 24.5 Å². The molecule has 2 aromatic carbocycles. The molecular formula is C25H29NO5. The van der Waals surface area contributed by atoms with Gasteiger partial charge in [-0.3, -0.25) is 9.69 Å². The minimum Gasteiger partial charge on any atom is -0.508 e. The van der Waals surface area contributed by atoms with Crippen molar-refractivity contribution in [3.05, 3.63) is 58.7 Å². The van der Waals surface area contributed by atoms with E-state index in [9.17, 15) is 15.0 Å². The summed E-state index contributed by atoms with van der Waals surface area (Å²) in [6.07, 6.45) is 5.69. The van der Waals surface area contributed by atoms with Crippen molar-refractivity contribution in [3.8, 4) is 17.2 Å². The van der Waals surface area contributed by atoms with Gasteiger partial charge < -0.3 is 19.7 Å². The van der Waals surface area contributed by atoms with Gasteiger partial charge in [-0.05, 0) is 61.2 Å². The molecule has 6 heteroatoms. The van der Waals surface area contributed by atoms with Crippen LogP contribution in [0.15, 0.2) is 42.0 Å². The quantitative estimate of drug-likeness (QED) is 0.661. The topological polar surface area (TPSA) is 79.2 Å². The Morgan fingerprint density at radius 3 is 2.90 bits per heavy atom. The summed E-state index contributed by atoms with van der Waals surface area (Å²) < 4.78 is 11.8. The molecule has 0 radical (unpaired) electrons. The number of aryl methyl sites for hydroxylation is 1. The predicted molar refractivity (Wildman–Crippen MR) is 119 cm³/mol. The molecule has 2 aliphatic heterocycles. The Morgan fingerprint density at radius 2 is 2.13 bits per heavy atom. The van der Waals surface area contributed by atoms with Crippen LogP contribution in [0.3, 0.4) is 0 Å². The third-order valence-electron chi connectivity index (χ3n) is 5.90. The summed E-state index contributed by atoms with van der Waals surface area (Å²) in [7, 11) is 0. The zero-order chi connectivity index (χ0) is 21.8. The van der Waals surface area contributed by atoms with Gasteiger partial charge in [0.05, 0.1) is 0 Å². The van der Waals surface area contributed by atoms with Gasteiger partial charge in [-0.1, -0.05) is 25.5 Å². The lowest BCUT2D eigenvalue weighted by molar-refractivity contribution is -0.142. The van der Waals surface area contributed by atoms with Gasteiger partial charge in [-0.2, -0.15) is 0 Å². The first-order valence-electron chi connectivity index (χ1n) is 10.9. The molecule has 1 fully saturated rings. The van der Waals surface area contributed by atoms with Gasteiger partial charge in [-0.15, -0.1) is 0 Å². The molecule has 0 amide bonds. The number of carboxylic acids is 1. The van der Waals surface area contributed by atoms with Gasteiger partial charge in [0.1, 0.15) is 36.5 Å². The van der Waals surface area contributed by atoms with Crippen molar-refractivity contribution in [1.82, 2.24) is 4.90 Å². The molecule has 31 heavy (non-hydrogen) atoms. The molecule has 4 rings (SSSR count). The van der Waals surface area contributed by atoms with Crippen LogP contribution in [-0.4, -0.2) is 46.8 Å². The first-order valence-corrected chi connectivity index (χ1v) is 10.9. The lowest BCUT2D eigenvalue weighted by Gasteiger charge is -2.25. The Labute approximate surface area is 182 Å². The number of carbonyl (C=O) groups is 1. The highest BCUT2D eigenvalue weighted by Gasteiger charge is 2.31. The van der Waals surface area contributed by atoms with Crippen LogP contribution < -0.4 is 9.47 Å². The molecule has 164 valence electrons. The molecule has 6 nitrogen and oxygen atoms in total. The van der Waals surface area contributed by atoms with Crippen LogP contribution in [0.5, 0.6) is 17.2 Å². The zero-order valence-corrected chi connectivity index (χ0v) is 17.8. The second kappa shape index (κ2) is 9.43. The Bertz CT molecular complexity index is 984. The van der Waals surface area contributed by atoms with Crippen LogP contribution in [0.25, 0.3) is 6.08 Å². The number of aliphatic carboxylic acids is 1. The van der Waals surface area contributed by atoms with E-state index in [1.165, 1.54) is 0 Å². The Morgan fingerprint density at radius 1 is 1.26 bits per heavy atom. The Hall–Kier alpha value is -2.99. The van der Waals surface area contributed by atoms with E-state index >= 15 is 0 Å². The minimum absolute atomic E-state index is 0.259. The van der Waals surface area contributed by atoms with Gasteiger partial charge in [0.25, 0.3) is 0 Å². The maximum absolute atomic E-state index is 11.4. The minimum atomic E-state index is -0.747. The van der Waals surface area contributed by atoms with Crippen LogP contribution in [0, 0.1) is 0 Å². The van der Waals surface area contributed by atoms with Crippen LogP contribution >= 0.6 is 0 Å². The number of benzene rings is 2. The standard InChI is InChI=1S/C25H29NO5/c1-2-4-17-6-7-20(23(27)12-17)16-30-21-9-8-19-11-18(15-31-24(19)13-21)14-26-10-3-5-22(26)25(28)29/h6-9,11-13,22,27H,2-5,10,14-16H2,1H3,(H,28,29). The SMILES string of the molecule is CCCc1ccc(COc2ccc3c(c2)OCC(CN2CCCC2C(=O)O)=C3)c(O)c1. The first-order chi connectivity index (χ1) is 15.0. The Balaban J connectivity index is 1.39. The van der Waals surface area contributed by atoms with Crippen molar-refractivity contribution in [2.75, 3.05) is 19.7 Å². The summed E-state index contributed by atoms with van der Waals surface area (Å²) in [6, 6.07) is 11.0. The summed E-state index contributed by atoms with van der Waals surface area (Å²) in [4.78, 5) is 13.4. The second-order valence-corrected chi connectivity index (χ2v) is 8.26. The number of nitrogens with zero attached hydrogens (tertiary/aromatic N) is 1. The summed E-state index contributed by atoms with van der Waals surface area (Å²) in [5.41, 5.74) is 3.91. The summed E-state index contributed by atoms with van der Waals surface area (Å²) in [5, 5.41) is 19.6. The van der Waals surface area contributed by atoms with Crippen LogP contribution in [0.4, 0.5) is 0 Å². The number of hydrogen-bond acceptors (Lipinski definition) is 5. The smallest absolute Gasteiger partial charge is 0.320 e. The van der Waals surface area contributed by atoms with Crippen molar-refractivity contribution in [3.63, 3.8) is 0 Å². The van der Waals surface area contributed by atoms with Crippen molar-refractivity contribution in [1.29, 1.82) is 0 Å². The number of carboxylic acid groups (broad SMARTS) is 1. The van der Waals surface area contributed by atoms with Crippen molar-refractivity contribution in [2.24, 2.45) is 0 Å². The number of rotatable bonds is 8. The Kier molecular flexibility index (Phi) is 6.47. The van der Waals surface area contributed by atoms with Gasteiger partial charge in [0.15, 0.2) is 0 Å². The van der Waals surface area contributed by atoms with Gasteiger partial charge in [0.2, 0.25) is 0 Å². The van der Waals surface area contributed by atoms with E-state index in [0.717, 1.165) is 53.8 Å². The third-order valence-corrected chi connectivity index (χ3v) is 5.90. The monoisotopic (exact) mass is 423 g/mol. The number of ether oxygens (including phenoxy) is 2. The van der Waals surface area contributed by atoms with Gasteiger partial charge in [0, 0.05) is 23.7 Å². The fraction of sp³-hybridized carbons (Fsp3) is 0.400. The summed E-state index contributed by atoms with van der Waals surface area (Å²) >= 11 is 0. The highest BCUT2D eigenvalue weighted by atomic mass is 16.5. The van der Waals surface area contributed by atoms with Gasteiger partial charge in [-0.25, -0.2) is 0 Å². The van der Waals surface area contributed by atoms with Crippen molar-refractivity contribution in [2.45, 2.75) is 45.3 Å². The number of phenolic OH excluding ortho intramolecular Hbond substituents is 1. The first kappa shape index (κ1) is 21.2. The lowest BCUT2D eigenvalue weighted by atomic mass is 10.1. The van der Waals surface area contributed by atoms with E-state index in [0.29, 0.717) is 25.3 Å². The fourth-order valence-corrected chi connectivity index (χ4v) is 4.26. The molecule has 2 aromatic rings. The van der Waals surface area contributed by atoms with Crippen LogP contribution in [-0.2, 0) is 17.8 Å². The summed E-state index contributed by atoms with van der Waals surface area (Å²) in [6.45, 7) is 4.26.